The van der Waals surface area contributed by atoms with E-state index in [-0.39, 0.29) is 23.1 Å². The molecule has 1 aliphatic heterocycles. The van der Waals surface area contributed by atoms with Crippen LogP contribution < -0.4 is 14.8 Å². The zero-order chi connectivity index (χ0) is 23.1. The summed E-state index contributed by atoms with van der Waals surface area (Å²) in [5.74, 6) is 0.960. The van der Waals surface area contributed by atoms with Gasteiger partial charge in [0.25, 0.3) is 11.6 Å². The molecule has 0 aliphatic carbocycles. The van der Waals surface area contributed by atoms with E-state index in [1.165, 1.54) is 34.2 Å². The molecule has 166 valence electrons. The van der Waals surface area contributed by atoms with Crippen LogP contribution >= 0.6 is 22.9 Å². The molecule has 12 heteroatoms. The first-order valence-electron chi connectivity index (χ1n) is 9.57. The number of nitrogens with one attached hydrogen (secondary N) is 1. The second kappa shape index (κ2) is 8.19. The fourth-order valence-corrected chi connectivity index (χ4v) is 4.29. The van der Waals surface area contributed by atoms with Gasteiger partial charge in [-0.05, 0) is 37.3 Å². The van der Waals surface area contributed by atoms with E-state index in [0.29, 0.717) is 33.8 Å². The van der Waals surface area contributed by atoms with Crippen LogP contribution in [0.15, 0.2) is 47.8 Å². The van der Waals surface area contributed by atoms with E-state index >= 15 is 0 Å². The number of hydrogen-bond acceptors (Lipinski definition) is 8. The molecule has 5 rings (SSSR count). The molecule has 2 aromatic heterocycles. The third-order valence-corrected chi connectivity index (χ3v) is 5.87. The highest BCUT2D eigenvalue weighted by molar-refractivity contribution is 7.12. The Hall–Kier alpha value is -3.96. The number of hydrogen-bond donors (Lipinski definition) is 1. The van der Waals surface area contributed by atoms with Crippen molar-refractivity contribution in [2.75, 3.05) is 12.1 Å². The molecule has 2 aromatic carbocycles. The first kappa shape index (κ1) is 20.9. The minimum Gasteiger partial charge on any atom is -0.454 e. The summed E-state index contributed by atoms with van der Waals surface area (Å²) in [6, 6.07) is 11.0. The zero-order valence-electron chi connectivity index (χ0n) is 16.9. The first-order valence-corrected chi connectivity index (χ1v) is 10.8. The van der Waals surface area contributed by atoms with Crippen LogP contribution in [0.1, 0.15) is 16.1 Å². The van der Waals surface area contributed by atoms with Crippen molar-refractivity contribution in [3.05, 3.63) is 74.2 Å². The van der Waals surface area contributed by atoms with Crippen LogP contribution in [0.4, 0.5) is 11.5 Å². The van der Waals surface area contributed by atoms with Crippen LogP contribution in [0.25, 0.3) is 16.4 Å². The molecule has 3 heterocycles. The van der Waals surface area contributed by atoms with Gasteiger partial charge in [0, 0.05) is 28.1 Å². The highest BCUT2D eigenvalue weighted by Crippen LogP contribution is 2.36. The molecule has 4 aromatic rings. The lowest BCUT2D eigenvalue weighted by atomic mass is 10.1. The van der Waals surface area contributed by atoms with Gasteiger partial charge in [-0.3, -0.25) is 14.9 Å². The maximum absolute atomic E-state index is 12.9. The Morgan fingerprint density at radius 2 is 2.03 bits per heavy atom. The first-order chi connectivity index (χ1) is 15.9. The fraction of sp³-hybridized carbons (Fsp3) is 0.0952. The Balaban J connectivity index is 1.45. The average Bonchev–Trinajstić information content (AvgIpc) is 3.52. The zero-order valence-corrected chi connectivity index (χ0v) is 18.5. The molecular formula is C21H14ClN5O5S. The number of amides is 1. The van der Waals surface area contributed by atoms with Gasteiger partial charge in [0.1, 0.15) is 11.4 Å². The van der Waals surface area contributed by atoms with Gasteiger partial charge < -0.3 is 14.8 Å². The number of carbonyl (C=O) groups excluding carboxylic acids is 1. The number of aromatic nitrogens is 3. The van der Waals surface area contributed by atoms with E-state index < -0.39 is 10.8 Å². The third kappa shape index (κ3) is 3.99. The number of halogens is 1. The number of nitro groups is 1. The topological polar surface area (TPSA) is 121 Å². The Morgan fingerprint density at radius 3 is 2.85 bits per heavy atom. The van der Waals surface area contributed by atoms with Gasteiger partial charge in [0.15, 0.2) is 11.5 Å². The fourth-order valence-electron chi connectivity index (χ4n) is 3.32. The van der Waals surface area contributed by atoms with Crippen molar-refractivity contribution >= 4 is 40.4 Å². The molecule has 1 amide bonds. The standard InChI is InChI=1S/C21H14ClN5O5S/c1-11-6-19(24-20(28)14-8-13(22)3-4-16(14)27(29)30)26(25-11)21-23-15(9-33-21)12-2-5-17-18(7-12)32-10-31-17/h2-9H,10H2,1H3,(H,24,28). The van der Waals surface area contributed by atoms with Gasteiger partial charge in [-0.15, -0.1) is 11.3 Å². The number of fused-ring (bicyclic) bond motifs is 1. The van der Waals surface area contributed by atoms with E-state index in [2.05, 4.69) is 15.4 Å². The second-order valence-corrected chi connectivity index (χ2v) is 8.31. The largest absolute Gasteiger partial charge is 0.454 e. The molecular weight excluding hydrogens is 470 g/mol. The number of nitro benzene ring substituents is 1. The molecule has 0 spiro atoms. The van der Waals surface area contributed by atoms with Gasteiger partial charge >= 0.3 is 0 Å². The van der Waals surface area contributed by atoms with E-state index in [9.17, 15) is 14.9 Å². The monoisotopic (exact) mass is 483 g/mol. The summed E-state index contributed by atoms with van der Waals surface area (Å²) in [7, 11) is 0. The lowest BCUT2D eigenvalue weighted by molar-refractivity contribution is -0.385. The number of thiazole rings is 1. The van der Waals surface area contributed by atoms with Crippen molar-refractivity contribution in [2.45, 2.75) is 6.92 Å². The molecule has 1 N–H and O–H groups in total. The van der Waals surface area contributed by atoms with Crippen molar-refractivity contribution in [1.82, 2.24) is 14.8 Å². The Labute approximate surface area is 195 Å². The van der Waals surface area contributed by atoms with Crippen LogP contribution in [-0.4, -0.2) is 32.4 Å². The molecule has 0 unspecified atom stereocenters. The molecule has 0 atom stereocenters. The summed E-state index contributed by atoms with van der Waals surface area (Å²) in [6.45, 7) is 1.95. The molecule has 0 saturated heterocycles. The Kier molecular flexibility index (Phi) is 5.19. The van der Waals surface area contributed by atoms with E-state index in [4.69, 9.17) is 21.1 Å². The molecule has 0 fully saturated rings. The van der Waals surface area contributed by atoms with Gasteiger partial charge in [-0.1, -0.05) is 11.6 Å². The van der Waals surface area contributed by atoms with Crippen LogP contribution in [0.5, 0.6) is 11.5 Å². The quantitative estimate of drug-likeness (QED) is 0.318. The highest BCUT2D eigenvalue weighted by atomic mass is 35.5. The van der Waals surface area contributed by atoms with Crippen molar-refractivity contribution < 1.29 is 19.2 Å². The summed E-state index contributed by atoms with van der Waals surface area (Å²) in [5, 5.41) is 21.0. The Bertz CT molecular complexity index is 1420. The van der Waals surface area contributed by atoms with Crippen molar-refractivity contribution in [3.63, 3.8) is 0 Å². The highest BCUT2D eigenvalue weighted by Gasteiger charge is 2.23. The summed E-state index contributed by atoms with van der Waals surface area (Å²) >= 11 is 7.28. The van der Waals surface area contributed by atoms with Crippen LogP contribution in [0.3, 0.4) is 0 Å². The number of ether oxygens (including phenoxy) is 2. The van der Waals surface area contributed by atoms with Crippen LogP contribution in [0.2, 0.25) is 5.02 Å². The van der Waals surface area contributed by atoms with Crippen molar-refractivity contribution in [2.24, 2.45) is 0 Å². The van der Waals surface area contributed by atoms with Crippen LogP contribution in [-0.2, 0) is 0 Å². The second-order valence-electron chi connectivity index (χ2n) is 7.04. The summed E-state index contributed by atoms with van der Waals surface area (Å²) in [6.07, 6.45) is 0. The van der Waals surface area contributed by atoms with E-state index in [0.717, 1.165) is 5.56 Å². The summed E-state index contributed by atoms with van der Waals surface area (Å²) < 4.78 is 12.2. The number of nitrogens with zero attached hydrogens (tertiary/aromatic N) is 4. The number of rotatable bonds is 5. The van der Waals surface area contributed by atoms with E-state index in [1.807, 2.05) is 23.6 Å². The summed E-state index contributed by atoms with van der Waals surface area (Å²) in [4.78, 5) is 28.2. The maximum Gasteiger partial charge on any atom is 0.282 e. The minimum atomic E-state index is -0.682. The molecule has 0 saturated carbocycles. The van der Waals surface area contributed by atoms with Crippen molar-refractivity contribution in [3.8, 4) is 27.9 Å². The predicted molar refractivity (Wildman–Crippen MR) is 122 cm³/mol. The molecule has 0 bridgehead atoms. The van der Waals surface area contributed by atoms with Gasteiger partial charge in [0.2, 0.25) is 11.9 Å². The summed E-state index contributed by atoms with van der Waals surface area (Å²) in [5.41, 5.74) is 1.66. The normalized spacial score (nSPS) is 12.1. The van der Waals surface area contributed by atoms with Gasteiger partial charge in [0.05, 0.1) is 16.3 Å². The van der Waals surface area contributed by atoms with Gasteiger partial charge in [-0.25, -0.2) is 4.98 Å². The van der Waals surface area contributed by atoms with Crippen molar-refractivity contribution in [1.29, 1.82) is 0 Å². The lowest BCUT2D eigenvalue weighted by Crippen LogP contribution is -2.16. The predicted octanol–water partition coefficient (Wildman–Crippen LogP) is 4.85. The molecule has 10 nitrogen and oxygen atoms in total. The smallest absolute Gasteiger partial charge is 0.282 e. The molecule has 0 radical (unpaired) electrons. The number of carbonyl (C=O) groups is 1. The number of anilines is 1. The minimum absolute atomic E-state index is 0.155. The lowest BCUT2D eigenvalue weighted by Gasteiger charge is -2.07. The molecule has 33 heavy (non-hydrogen) atoms. The number of benzene rings is 2. The average molecular weight is 484 g/mol. The number of aryl methyl sites for hydroxylation is 1. The maximum atomic E-state index is 12.9. The third-order valence-electron chi connectivity index (χ3n) is 4.81. The van der Waals surface area contributed by atoms with Crippen LogP contribution in [0, 0.1) is 17.0 Å². The Morgan fingerprint density at radius 1 is 1.21 bits per heavy atom. The van der Waals surface area contributed by atoms with Gasteiger partial charge in [-0.2, -0.15) is 9.78 Å². The molecule has 1 aliphatic rings. The van der Waals surface area contributed by atoms with E-state index in [1.54, 1.807) is 13.0 Å². The SMILES string of the molecule is Cc1cc(NC(=O)c2cc(Cl)ccc2[N+](=O)[O-])n(-c2nc(-c3ccc4c(c3)OCO4)cs2)n1.